The monoisotopic (exact) mass is 354 g/mol. The van der Waals surface area contributed by atoms with Crippen LogP contribution in [0.3, 0.4) is 0 Å². The van der Waals surface area contributed by atoms with E-state index in [1.807, 2.05) is 18.2 Å². The molecule has 5 heteroatoms. The number of amides is 1. The second-order valence-electron chi connectivity index (χ2n) is 5.68. The van der Waals surface area contributed by atoms with Gasteiger partial charge >= 0.3 is 0 Å². The highest BCUT2D eigenvalue weighted by Crippen LogP contribution is 2.25. The van der Waals surface area contributed by atoms with E-state index in [9.17, 15) is 4.79 Å². The molecule has 0 radical (unpaired) electrons. The first-order chi connectivity index (χ1) is 10.1. The van der Waals surface area contributed by atoms with Gasteiger partial charge in [0, 0.05) is 29.2 Å². The van der Waals surface area contributed by atoms with Crippen molar-refractivity contribution in [2.45, 2.75) is 51.8 Å². The summed E-state index contributed by atoms with van der Waals surface area (Å²) in [5.74, 6) is 0.784. The van der Waals surface area contributed by atoms with E-state index in [0.29, 0.717) is 6.04 Å². The number of halogens is 1. The van der Waals surface area contributed by atoms with Crippen LogP contribution in [0.1, 0.15) is 38.7 Å². The van der Waals surface area contributed by atoms with Gasteiger partial charge < -0.3 is 15.4 Å². The Kier molecular flexibility index (Phi) is 6.06. The summed E-state index contributed by atoms with van der Waals surface area (Å²) in [7, 11) is 0. The molecule has 2 rings (SSSR count). The Morgan fingerprint density at radius 2 is 2.24 bits per heavy atom. The van der Waals surface area contributed by atoms with Crippen molar-refractivity contribution in [1.82, 2.24) is 10.6 Å². The molecule has 1 aromatic rings. The van der Waals surface area contributed by atoms with Gasteiger partial charge in [-0.2, -0.15) is 0 Å². The van der Waals surface area contributed by atoms with Crippen LogP contribution in [0.4, 0.5) is 0 Å². The molecule has 1 aliphatic heterocycles. The fourth-order valence-electron chi connectivity index (χ4n) is 2.29. The summed E-state index contributed by atoms with van der Waals surface area (Å²) in [5.41, 5.74) is 1.06. The highest BCUT2D eigenvalue weighted by Gasteiger charge is 2.23. The lowest BCUT2D eigenvalue weighted by atomic mass is 10.1. The first-order valence-electron chi connectivity index (χ1n) is 7.52. The van der Waals surface area contributed by atoms with Crippen LogP contribution in [-0.2, 0) is 11.3 Å². The van der Waals surface area contributed by atoms with Crippen LogP contribution >= 0.6 is 15.9 Å². The van der Waals surface area contributed by atoms with Crippen molar-refractivity contribution in [3.8, 4) is 5.75 Å². The molecule has 0 spiro atoms. The van der Waals surface area contributed by atoms with Crippen LogP contribution in [-0.4, -0.2) is 24.6 Å². The molecule has 4 nitrogen and oxygen atoms in total. The summed E-state index contributed by atoms with van der Waals surface area (Å²) in [6.45, 7) is 5.69. The molecular formula is C16H23BrN2O2. The van der Waals surface area contributed by atoms with Gasteiger partial charge in [-0.15, -0.1) is 0 Å². The minimum atomic E-state index is -0.383. The Balaban J connectivity index is 2.12. The van der Waals surface area contributed by atoms with Gasteiger partial charge in [-0.05, 0) is 37.5 Å². The predicted molar refractivity (Wildman–Crippen MR) is 87.4 cm³/mol. The molecule has 1 unspecified atom stereocenters. The molecular weight excluding hydrogens is 332 g/mol. The Bertz CT molecular complexity index is 491. The van der Waals surface area contributed by atoms with Crippen molar-refractivity contribution in [3.05, 3.63) is 28.2 Å². The Labute approximate surface area is 134 Å². The number of hydrogen-bond donors (Lipinski definition) is 2. The summed E-state index contributed by atoms with van der Waals surface area (Å²) in [4.78, 5) is 12.0. The van der Waals surface area contributed by atoms with Crippen molar-refractivity contribution in [2.75, 3.05) is 6.54 Å². The number of ether oxygens (including phenoxy) is 1. The maximum absolute atomic E-state index is 12.0. The molecule has 0 bridgehead atoms. The van der Waals surface area contributed by atoms with Gasteiger partial charge in [0.25, 0.3) is 5.91 Å². The number of nitrogens with one attached hydrogen (secondary N) is 2. The van der Waals surface area contributed by atoms with Crippen LogP contribution in [0.15, 0.2) is 22.7 Å². The van der Waals surface area contributed by atoms with Crippen molar-refractivity contribution in [1.29, 1.82) is 0 Å². The lowest BCUT2D eigenvalue weighted by Gasteiger charge is -2.19. The first-order valence-corrected chi connectivity index (χ1v) is 8.31. The second kappa shape index (κ2) is 7.80. The number of carbonyl (C=O) groups excluding carboxylic acids is 1. The van der Waals surface area contributed by atoms with Gasteiger partial charge in [0.2, 0.25) is 0 Å². The molecule has 2 N–H and O–H groups in total. The van der Waals surface area contributed by atoms with E-state index in [4.69, 9.17) is 4.74 Å². The van der Waals surface area contributed by atoms with Gasteiger partial charge in [0.15, 0.2) is 6.10 Å². The molecule has 0 aliphatic carbocycles. The third-order valence-electron chi connectivity index (χ3n) is 3.48. The minimum Gasteiger partial charge on any atom is -0.480 e. The fraction of sp³-hybridized carbons (Fsp3) is 0.562. The summed E-state index contributed by atoms with van der Waals surface area (Å²) >= 11 is 3.49. The van der Waals surface area contributed by atoms with Crippen LogP contribution in [0.25, 0.3) is 0 Å². The molecule has 1 aromatic carbocycles. The van der Waals surface area contributed by atoms with E-state index in [0.717, 1.165) is 48.1 Å². The minimum absolute atomic E-state index is 0.00168. The van der Waals surface area contributed by atoms with E-state index in [2.05, 4.69) is 40.4 Å². The smallest absolute Gasteiger partial charge is 0.261 e. The van der Waals surface area contributed by atoms with Gasteiger partial charge in [-0.1, -0.05) is 29.8 Å². The summed E-state index contributed by atoms with van der Waals surface area (Å²) in [6, 6.07) is 6.32. The zero-order chi connectivity index (χ0) is 15.2. The first kappa shape index (κ1) is 16.3. The Morgan fingerprint density at radius 1 is 1.43 bits per heavy atom. The molecule has 21 heavy (non-hydrogen) atoms. The van der Waals surface area contributed by atoms with E-state index >= 15 is 0 Å². The van der Waals surface area contributed by atoms with Crippen LogP contribution in [0.5, 0.6) is 5.75 Å². The quantitative estimate of drug-likeness (QED) is 0.854. The third-order valence-corrected chi connectivity index (χ3v) is 3.97. The maximum Gasteiger partial charge on any atom is 0.261 e. The van der Waals surface area contributed by atoms with E-state index in [-0.39, 0.29) is 12.0 Å². The highest BCUT2D eigenvalue weighted by molar-refractivity contribution is 9.10. The summed E-state index contributed by atoms with van der Waals surface area (Å²) in [5, 5.41) is 6.30. The zero-order valence-corrected chi connectivity index (χ0v) is 14.2. The van der Waals surface area contributed by atoms with Gasteiger partial charge in [0.05, 0.1) is 0 Å². The second-order valence-corrected chi connectivity index (χ2v) is 6.60. The van der Waals surface area contributed by atoms with E-state index < -0.39 is 0 Å². The van der Waals surface area contributed by atoms with Gasteiger partial charge in [-0.3, -0.25) is 4.79 Å². The highest BCUT2D eigenvalue weighted by atomic mass is 79.9. The van der Waals surface area contributed by atoms with Crippen molar-refractivity contribution in [2.24, 2.45) is 0 Å². The summed E-state index contributed by atoms with van der Waals surface area (Å²) < 4.78 is 7.01. The van der Waals surface area contributed by atoms with E-state index in [1.165, 1.54) is 0 Å². The molecule has 1 aliphatic rings. The van der Waals surface area contributed by atoms with E-state index in [1.54, 1.807) is 0 Å². The van der Waals surface area contributed by atoms with Crippen LogP contribution < -0.4 is 15.4 Å². The largest absolute Gasteiger partial charge is 0.480 e. The molecule has 0 saturated carbocycles. The molecule has 1 fully saturated rings. The Hall–Kier alpha value is -1.07. The average Bonchev–Trinajstić information content (AvgIpc) is 2.64. The number of hydrogen-bond acceptors (Lipinski definition) is 3. The fourth-order valence-corrected chi connectivity index (χ4v) is 2.70. The SMILES string of the molecule is CC(C)NCc1cc(Br)ccc1OC1CCCCNC1=O. The van der Waals surface area contributed by atoms with Crippen molar-refractivity contribution >= 4 is 21.8 Å². The maximum atomic E-state index is 12.0. The van der Waals surface area contributed by atoms with Gasteiger partial charge in [0.1, 0.15) is 5.75 Å². The lowest BCUT2D eigenvalue weighted by molar-refractivity contribution is -0.127. The topological polar surface area (TPSA) is 50.4 Å². The van der Waals surface area contributed by atoms with Crippen LogP contribution in [0.2, 0.25) is 0 Å². The predicted octanol–water partition coefficient (Wildman–Crippen LogP) is 2.99. The number of benzene rings is 1. The average molecular weight is 355 g/mol. The molecule has 1 heterocycles. The Morgan fingerprint density at radius 3 is 3.00 bits per heavy atom. The normalized spacial score (nSPS) is 19.2. The zero-order valence-electron chi connectivity index (χ0n) is 12.6. The lowest BCUT2D eigenvalue weighted by Crippen LogP contribution is -2.36. The number of carbonyl (C=O) groups is 1. The molecule has 116 valence electrons. The summed E-state index contributed by atoms with van der Waals surface area (Å²) in [6.07, 6.45) is 2.43. The van der Waals surface area contributed by atoms with Crippen LogP contribution in [0, 0.1) is 0 Å². The third kappa shape index (κ3) is 5.00. The molecule has 1 atom stereocenters. The van der Waals surface area contributed by atoms with Crippen molar-refractivity contribution < 1.29 is 9.53 Å². The standard InChI is InChI=1S/C16H23BrN2O2/c1-11(2)19-10-12-9-13(17)6-7-14(12)21-15-5-3-4-8-18-16(15)20/h6-7,9,11,15,19H,3-5,8,10H2,1-2H3,(H,18,20). The number of rotatable bonds is 5. The van der Waals surface area contributed by atoms with Crippen molar-refractivity contribution in [3.63, 3.8) is 0 Å². The van der Waals surface area contributed by atoms with Gasteiger partial charge in [-0.25, -0.2) is 0 Å². The molecule has 0 aromatic heterocycles. The molecule has 1 amide bonds. The molecule has 1 saturated heterocycles.